The third kappa shape index (κ3) is 4.12. The lowest BCUT2D eigenvalue weighted by atomic mass is 9.76. The zero-order valence-electron chi connectivity index (χ0n) is 10.4. The van der Waals surface area contributed by atoms with E-state index in [1.807, 2.05) is 0 Å². The molecule has 0 N–H and O–H groups in total. The fourth-order valence-corrected chi connectivity index (χ4v) is 2.41. The molecule has 1 aliphatic rings. The van der Waals surface area contributed by atoms with Crippen LogP contribution < -0.4 is 0 Å². The summed E-state index contributed by atoms with van der Waals surface area (Å²) in [7, 11) is -3.48. The summed E-state index contributed by atoms with van der Waals surface area (Å²) in [6.07, 6.45) is 4.12. The molecule has 1 rings (SSSR count). The van der Waals surface area contributed by atoms with E-state index in [9.17, 15) is 8.42 Å². The van der Waals surface area contributed by atoms with Gasteiger partial charge in [-0.15, -0.1) is 0 Å². The van der Waals surface area contributed by atoms with Gasteiger partial charge >= 0.3 is 10.1 Å². The Morgan fingerprint density at radius 3 is 2.50 bits per heavy atom. The standard InChI is InChI=1S/C11H21NO3S/c1-8(2)10-6-5-9(3)7-11(10)12-15-16(4,13)14/h8-10H,5-7H2,1-4H3/b12-11+/t9-,10+/m1/s1. The van der Waals surface area contributed by atoms with E-state index in [-0.39, 0.29) is 0 Å². The van der Waals surface area contributed by atoms with E-state index in [2.05, 4.69) is 30.2 Å². The summed E-state index contributed by atoms with van der Waals surface area (Å²) in [5, 5.41) is 3.84. The molecule has 0 bridgehead atoms. The van der Waals surface area contributed by atoms with Crippen molar-refractivity contribution in [3.63, 3.8) is 0 Å². The Labute approximate surface area is 98.2 Å². The molecule has 4 nitrogen and oxygen atoms in total. The molecule has 0 amide bonds. The van der Waals surface area contributed by atoms with E-state index in [0.717, 1.165) is 24.8 Å². The smallest absolute Gasteiger partial charge is 0.269 e. The Morgan fingerprint density at radius 1 is 1.38 bits per heavy atom. The zero-order chi connectivity index (χ0) is 12.3. The van der Waals surface area contributed by atoms with Crippen LogP contribution in [0.3, 0.4) is 0 Å². The Hall–Kier alpha value is -0.580. The first-order chi connectivity index (χ1) is 7.29. The maximum absolute atomic E-state index is 10.9. The minimum absolute atomic E-state index is 0.359. The molecule has 0 radical (unpaired) electrons. The van der Waals surface area contributed by atoms with Crippen LogP contribution in [-0.2, 0) is 14.4 Å². The van der Waals surface area contributed by atoms with Gasteiger partial charge in [0.15, 0.2) is 0 Å². The molecule has 0 aliphatic heterocycles. The van der Waals surface area contributed by atoms with Gasteiger partial charge < -0.3 is 0 Å². The number of hydrogen-bond donors (Lipinski definition) is 0. The van der Waals surface area contributed by atoms with Crippen molar-refractivity contribution < 1.29 is 12.7 Å². The zero-order valence-corrected chi connectivity index (χ0v) is 11.3. The van der Waals surface area contributed by atoms with Gasteiger partial charge in [0, 0.05) is 5.92 Å². The van der Waals surface area contributed by atoms with Gasteiger partial charge in [-0.25, -0.2) is 0 Å². The van der Waals surface area contributed by atoms with Crippen LogP contribution >= 0.6 is 0 Å². The first kappa shape index (κ1) is 13.5. The van der Waals surface area contributed by atoms with E-state index < -0.39 is 10.1 Å². The average Bonchev–Trinajstić information content (AvgIpc) is 2.13. The van der Waals surface area contributed by atoms with Crippen molar-refractivity contribution in [1.29, 1.82) is 0 Å². The third-order valence-corrected chi connectivity index (χ3v) is 3.40. The molecule has 0 saturated heterocycles. The lowest BCUT2D eigenvalue weighted by molar-refractivity contribution is 0.311. The van der Waals surface area contributed by atoms with E-state index in [1.54, 1.807) is 0 Å². The maximum atomic E-state index is 10.9. The summed E-state index contributed by atoms with van der Waals surface area (Å²) in [6.45, 7) is 6.43. The van der Waals surface area contributed by atoms with Gasteiger partial charge in [-0.3, -0.25) is 4.28 Å². The van der Waals surface area contributed by atoms with Crippen LogP contribution in [0.4, 0.5) is 0 Å². The van der Waals surface area contributed by atoms with Crippen LogP contribution in [0, 0.1) is 17.8 Å². The van der Waals surface area contributed by atoms with E-state index >= 15 is 0 Å². The van der Waals surface area contributed by atoms with Crippen LogP contribution in [0.15, 0.2) is 5.16 Å². The van der Waals surface area contributed by atoms with Gasteiger partial charge in [-0.1, -0.05) is 25.9 Å². The highest BCUT2D eigenvalue weighted by Gasteiger charge is 2.27. The van der Waals surface area contributed by atoms with Crippen molar-refractivity contribution in [3.05, 3.63) is 0 Å². The van der Waals surface area contributed by atoms with Gasteiger partial charge in [0.2, 0.25) is 0 Å². The molecule has 1 aliphatic carbocycles. The van der Waals surface area contributed by atoms with Crippen LogP contribution in [-0.4, -0.2) is 20.4 Å². The predicted molar refractivity (Wildman–Crippen MR) is 64.7 cm³/mol. The molecular formula is C11H21NO3S. The Kier molecular flexibility index (Phi) is 4.35. The molecular weight excluding hydrogens is 226 g/mol. The maximum Gasteiger partial charge on any atom is 0.325 e. The predicted octanol–water partition coefficient (Wildman–Crippen LogP) is 2.41. The van der Waals surface area contributed by atoms with Crippen molar-refractivity contribution in [3.8, 4) is 0 Å². The summed E-state index contributed by atoms with van der Waals surface area (Å²) in [5.41, 5.74) is 0.902. The molecule has 1 fully saturated rings. The number of hydrogen-bond acceptors (Lipinski definition) is 4. The molecule has 0 spiro atoms. The first-order valence-corrected chi connectivity index (χ1v) is 7.56. The molecule has 94 valence electrons. The van der Waals surface area contributed by atoms with Crippen molar-refractivity contribution in [2.45, 2.75) is 40.0 Å². The summed E-state index contributed by atoms with van der Waals surface area (Å²) >= 11 is 0. The van der Waals surface area contributed by atoms with E-state index in [4.69, 9.17) is 0 Å². The molecule has 16 heavy (non-hydrogen) atoms. The van der Waals surface area contributed by atoms with Crippen molar-refractivity contribution in [1.82, 2.24) is 0 Å². The van der Waals surface area contributed by atoms with Gasteiger partial charge in [0.25, 0.3) is 0 Å². The highest BCUT2D eigenvalue weighted by molar-refractivity contribution is 7.85. The summed E-state index contributed by atoms with van der Waals surface area (Å²) in [5.74, 6) is 1.41. The lowest BCUT2D eigenvalue weighted by Gasteiger charge is -2.30. The summed E-state index contributed by atoms with van der Waals surface area (Å²) in [6, 6.07) is 0. The third-order valence-electron chi connectivity index (χ3n) is 3.05. The fraction of sp³-hybridized carbons (Fsp3) is 0.909. The average molecular weight is 247 g/mol. The fourth-order valence-electron chi connectivity index (χ4n) is 2.18. The van der Waals surface area contributed by atoms with Crippen LogP contribution in [0.25, 0.3) is 0 Å². The van der Waals surface area contributed by atoms with Crippen molar-refractivity contribution in [2.24, 2.45) is 22.9 Å². The van der Waals surface area contributed by atoms with Crippen LogP contribution in [0.5, 0.6) is 0 Å². The van der Waals surface area contributed by atoms with Crippen LogP contribution in [0.2, 0.25) is 0 Å². The highest BCUT2D eigenvalue weighted by atomic mass is 32.2. The molecule has 0 aromatic carbocycles. The Bertz CT molecular complexity index is 359. The molecule has 2 atom stereocenters. The van der Waals surface area contributed by atoms with E-state index in [1.165, 1.54) is 6.42 Å². The second-order valence-corrected chi connectivity index (χ2v) is 6.66. The minimum Gasteiger partial charge on any atom is -0.269 e. The summed E-state index contributed by atoms with van der Waals surface area (Å²) < 4.78 is 26.4. The quantitative estimate of drug-likeness (QED) is 0.720. The molecule has 5 heteroatoms. The van der Waals surface area contributed by atoms with Crippen molar-refractivity contribution in [2.75, 3.05) is 6.26 Å². The number of rotatable bonds is 3. The SMILES string of the molecule is CC(C)[C@@H]1CC[C@@H](C)C/C1=N\OS(C)(=O)=O. The van der Waals surface area contributed by atoms with E-state index in [0.29, 0.717) is 17.8 Å². The topological polar surface area (TPSA) is 55.7 Å². The summed E-state index contributed by atoms with van der Waals surface area (Å²) in [4.78, 5) is 0. The molecule has 0 unspecified atom stereocenters. The van der Waals surface area contributed by atoms with Gasteiger partial charge in [0.05, 0.1) is 12.0 Å². The monoisotopic (exact) mass is 247 g/mol. The highest BCUT2D eigenvalue weighted by Crippen LogP contribution is 2.31. The van der Waals surface area contributed by atoms with Gasteiger partial charge in [-0.05, 0) is 31.1 Å². The normalized spacial score (nSPS) is 29.7. The number of nitrogens with zero attached hydrogens (tertiary/aromatic N) is 1. The lowest BCUT2D eigenvalue weighted by Crippen LogP contribution is -2.28. The molecule has 0 aromatic rings. The van der Waals surface area contributed by atoms with Gasteiger partial charge in [-0.2, -0.15) is 8.42 Å². The minimum atomic E-state index is -3.48. The second-order valence-electron chi connectivity index (χ2n) is 5.10. The van der Waals surface area contributed by atoms with Gasteiger partial charge in [0.1, 0.15) is 0 Å². The van der Waals surface area contributed by atoms with Crippen LogP contribution in [0.1, 0.15) is 40.0 Å². The van der Waals surface area contributed by atoms with Crippen molar-refractivity contribution >= 4 is 15.8 Å². The molecule has 0 heterocycles. The Balaban J connectivity index is 2.79. The molecule has 1 saturated carbocycles. The molecule has 0 aromatic heterocycles. The number of oxime groups is 1. The largest absolute Gasteiger partial charge is 0.325 e. The second kappa shape index (κ2) is 5.17. The Morgan fingerprint density at radius 2 is 2.00 bits per heavy atom. The first-order valence-electron chi connectivity index (χ1n) is 5.75.